The van der Waals surface area contributed by atoms with E-state index in [9.17, 15) is 4.39 Å². The molecule has 96 valence electrons. The second kappa shape index (κ2) is 6.00. The Morgan fingerprint density at radius 1 is 1.35 bits per heavy atom. The van der Waals surface area contributed by atoms with Crippen LogP contribution in [0, 0.1) is 5.82 Å². The maximum atomic E-state index is 13.1. The van der Waals surface area contributed by atoms with Gasteiger partial charge in [0.25, 0.3) is 0 Å². The first-order valence-electron chi connectivity index (χ1n) is 5.84. The first-order valence-corrected chi connectivity index (χ1v) is 9.85. The molecule has 0 aliphatic rings. The summed E-state index contributed by atoms with van der Waals surface area (Å²) in [5.74, 6) is 0.565. The van der Waals surface area contributed by atoms with Crippen LogP contribution in [0.25, 0.3) is 0 Å². The third kappa shape index (κ3) is 4.10. The Bertz CT molecular complexity index is 380. The normalized spacial score (nSPS) is 11.9. The molecule has 0 aliphatic heterocycles. The van der Waals surface area contributed by atoms with Gasteiger partial charge in [0.1, 0.15) is 11.6 Å². The Morgan fingerprint density at radius 3 is 2.53 bits per heavy atom. The fraction of sp³-hybridized carbons (Fsp3) is 0.538. The van der Waals surface area contributed by atoms with Crippen LogP contribution in [0.1, 0.15) is 19.4 Å². The Hall–Kier alpha value is -0.353. The Labute approximate surface area is 113 Å². The molecule has 0 fully saturated rings. The van der Waals surface area contributed by atoms with Crippen LogP contribution < -0.4 is 4.74 Å². The van der Waals surface area contributed by atoms with Crippen molar-refractivity contribution >= 4 is 24.7 Å². The minimum atomic E-state index is -0.766. The number of hydrogen-bond acceptors (Lipinski definition) is 1. The lowest BCUT2D eigenvalue weighted by molar-refractivity contribution is 0.274. The van der Waals surface area contributed by atoms with Gasteiger partial charge in [-0.15, -0.1) is 0 Å². The highest BCUT2D eigenvalue weighted by atomic mass is 79.9. The summed E-state index contributed by atoms with van der Waals surface area (Å²) in [7, 11) is -0.766. The lowest BCUT2D eigenvalue weighted by atomic mass is 10.2. The lowest BCUT2D eigenvalue weighted by Crippen LogP contribution is -2.27. The lowest BCUT2D eigenvalue weighted by Gasteiger charge is -2.28. The first kappa shape index (κ1) is 14.7. The van der Waals surface area contributed by atoms with Gasteiger partial charge in [-0.25, -0.2) is 4.39 Å². The third-order valence-electron chi connectivity index (χ3n) is 3.33. The van der Waals surface area contributed by atoms with Gasteiger partial charge >= 0.3 is 0 Å². The van der Waals surface area contributed by atoms with E-state index in [0.717, 1.165) is 11.3 Å². The molecule has 1 aromatic carbocycles. The largest absolute Gasteiger partial charge is 0.493 e. The topological polar surface area (TPSA) is 9.23 Å². The molecule has 4 heteroatoms. The standard InChI is InChI=1S/C13H20BrFOSi/c1-13(2,17(3)4)9-16-12-6-5-11(15)7-10(12)8-14/h5-7,17H,8-9H2,1-4H3. The van der Waals surface area contributed by atoms with E-state index in [4.69, 9.17) is 4.74 Å². The van der Waals surface area contributed by atoms with E-state index in [0.29, 0.717) is 11.9 Å². The zero-order valence-electron chi connectivity index (χ0n) is 10.9. The molecular weight excluding hydrogens is 299 g/mol. The molecule has 0 unspecified atom stereocenters. The van der Waals surface area contributed by atoms with Crippen molar-refractivity contribution in [1.29, 1.82) is 0 Å². The summed E-state index contributed by atoms with van der Waals surface area (Å²) < 4.78 is 18.9. The Morgan fingerprint density at radius 2 is 2.00 bits per heavy atom. The van der Waals surface area contributed by atoms with E-state index in [1.54, 1.807) is 6.07 Å². The van der Waals surface area contributed by atoms with Gasteiger partial charge in [0.15, 0.2) is 0 Å². The van der Waals surface area contributed by atoms with Crippen molar-refractivity contribution in [3.8, 4) is 5.75 Å². The SMILES string of the molecule is C[SiH](C)C(C)(C)COc1ccc(F)cc1CBr. The van der Waals surface area contributed by atoms with E-state index in [2.05, 4.69) is 42.9 Å². The van der Waals surface area contributed by atoms with Crippen molar-refractivity contribution in [1.82, 2.24) is 0 Å². The maximum absolute atomic E-state index is 13.1. The molecule has 0 heterocycles. The van der Waals surface area contributed by atoms with Gasteiger partial charge in [-0.3, -0.25) is 0 Å². The van der Waals surface area contributed by atoms with Crippen molar-refractivity contribution in [2.24, 2.45) is 0 Å². The molecule has 17 heavy (non-hydrogen) atoms. The van der Waals surface area contributed by atoms with Crippen molar-refractivity contribution in [2.45, 2.75) is 37.3 Å². The van der Waals surface area contributed by atoms with E-state index in [1.807, 2.05) is 0 Å². The van der Waals surface area contributed by atoms with E-state index < -0.39 is 8.80 Å². The zero-order valence-corrected chi connectivity index (χ0v) is 13.6. The van der Waals surface area contributed by atoms with Crippen LogP contribution in [0.5, 0.6) is 5.75 Å². The quantitative estimate of drug-likeness (QED) is 0.578. The number of rotatable bonds is 5. The summed E-state index contributed by atoms with van der Waals surface area (Å²) in [6.07, 6.45) is 0. The zero-order chi connectivity index (χ0) is 13.1. The highest BCUT2D eigenvalue weighted by Gasteiger charge is 2.24. The third-order valence-corrected chi connectivity index (χ3v) is 7.23. The summed E-state index contributed by atoms with van der Waals surface area (Å²) in [6, 6.07) is 4.68. The minimum absolute atomic E-state index is 0.218. The van der Waals surface area contributed by atoms with Crippen LogP contribution in [-0.4, -0.2) is 15.4 Å². The van der Waals surface area contributed by atoms with Crippen molar-refractivity contribution in [2.75, 3.05) is 6.61 Å². The average molecular weight is 319 g/mol. The molecule has 1 aromatic rings. The van der Waals surface area contributed by atoms with Gasteiger partial charge in [-0.05, 0) is 23.2 Å². The second-order valence-electron chi connectivity index (χ2n) is 5.32. The Balaban J connectivity index is 2.76. The summed E-state index contributed by atoms with van der Waals surface area (Å²) in [5, 5.41) is 0.859. The molecule has 0 spiro atoms. The maximum Gasteiger partial charge on any atom is 0.123 e. The highest BCUT2D eigenvalue weighted by Crippen LogP contribution is 2.31. The molecule has 0 aromatic heterocycles. The molecule has 0 saturated heterocycles. The van der Waals surface area contributed by atoms with Crippen LogP contribution in [-0.2, 0) is 5.33 Å². The smallest absolute Gasteiger partial charge is 0.123 e. The van der Waals surface area contributed by atoms with Crippen LogP contribution in [0.3, 0.4) is 0 Å². The Kier molecular flexibility index (Phi) is 5.19. The van der Waals surface area contributed by atoms with Crippen molar-refractivity contribution in [3.05, 3.63) is 29.6 Å². The summed E-state index contributed by atoms with van der Waals surface area (Å²) in [5.41, 5.74) is 0.867. The van der Waals surface area contributed by atoms with Crippen LogP contribution in [0.15, 0.2) is 18.2 Å². The van der Waals surface area contributed by atoms with Gasteiger partial charge < -0.3 is 4.74 Å². The van der Waals surface area contributed by atoms with Crippen molar-refractivity contribution in [3.63, 3.8) is 0 Å². The first-order chi connectivity index (χ1) is 7.86. The molecule has 0 bridgehead atoms. The van der Waals surface area contributed by atoms with Gasteiger partial charge in [-0.2, -0.15) is 0 Å². The fourth-order valence-corrected chi connectivity index (χ4v) is 2.08. The van der Waals surface area contributed by atoms with Crippen LogP contribution in [0.4, 0.5) is 4.39 Å². The molecule has 0 radical (unpaired) electrons. The second-order valence-corrected chi connectivity index (χ2v) is 9.75. The summed E-state index contributed by atoms with van der Waals surface area (Å²) in [6.45, 7) is 9.81. The molecule has 0 N–H and O–H groups in total. The molecule has 1 nitrogen and oxygen atoms in total. The number of benzene rings is 1. The molecular formula is C13H20BrFOSi. The van der Waals surface area contributed by atoms with Crippen LogP contribution >= 0.6 is 15.9 Å². The average Bonchev–Trinajstić information content (AvgIpc) is 2.27. The molecule has 0 atom stereocenters. The fourth-order valence-electron chi connectivity index (χ4n) is 1.22. The molecule has 0 saturated carbocycles. The predicted octanol–water partition coefficient (Wildman–Crippen LogP) is 4.37. The van der Waals surface area contributed by atoms with Crippen LogP contribution in [0.2, 0.25) is 18.1 Å². The number of halogens is 2. The highest BCUT2D eigenvalue weighted by molar-refractivity contribution is 9.08. The van der Waals surface area contributed by atoms with Crippen molar-refractivity contribution < 1.29 is 9.13 Å². The molecule has 1 rings (SSSR count). The number of hydrogen-bond donors (Lipinski definition) is 0. The van der Waals surface area contributed by atoms with Gasteiger partial charge in [0.05, 0.1) is 6.61 Å². The van der Waals surface area contributed by atoms with Gasteiger partial charge in [-0.1, -0.05) is 42.9 Å². The minimum Gasteiger partial charge on any atom is -0.493 e. The van der Waals surface area contributed by atoms with Gasteiger partial charge in [0, 0.05) is 19.7 Å². The molecule has 0 amide bonds. The number of alkyl halides is 1. The van der Waals surface area contributed by atoms with Gasteiger partial charge in [0.2, 0.25) is 0 Å². The predicted molar refractivity (Wildman–Crippen MR) is 77.4 cm³/mol. The summed E-state index contributed by atoms with van der Waals surface area (Å²) in [4.78, 5) is 0. The van der Waals surface area contributed by atoms with E-state index in [1.165, 1.54) is 12.1 Å². The van der Waals surface area contributed by atoms with E-state index >= 15 is 0 Å². The monoisotopic (exact) mass is 318 g/mol. The summed E-state index contributed by atoms with van der Waals surface area (Å²) >= 11 is 3.35. The number of ether oxygens (including phenoxy) is 1. The molecule has 0 aliphatic carbocycles. The van der Waals surface area contributed by atoms with E-state index in [-0.39, 0.29) is 10.9 Å².